The fourth-order valence-corrected chi connectivity index (χ4v) is 7.29. The average Bonchev–Trinajstić information content (AvgIpc) is 3.44. The fourth-order valence-electron chi connectivity index (χ4n) is 5.22. The second-order valence-electron chi connectivity index (χ2n) is 10.7. The number of hydrazine groups is 2. The Morgan fingerprint density at radius 2 is 1.11 bits per heavy atom. The molecule has 8 nitrogen and oxygen atoms in total. The Bertz CT molecular complexity index is 1100. The van der Waals surface area contributed by atoms with E-state index in [-0.39, 0.29) is 11.8 Å². The Morgan fingerprint density at radius 3 is 1.47 bits per heavy atom. The molecule has 2 saturated carbocycles. The van der Waals surface area contributed by atoms with Gasteiger partial charge >= 0.3 is 0 Å². The number of hydrogen-bond donors (Lipinski definition) is 2. The van der Waals surface area contributed by atoms with Crippen LogP contribution < -0.4 is 20.9 Å². The van der Waals surface area contributed by atoms with Crippen molar-refractivity contribution in [2.75, 3.05) is 10.0 Å². The minimum absolute atomic E-state index is 0.0600. The van der Waals surface area contributed by atoms with E-state index >= 15 is 0 Å². The van der Waals surface area contributed by atoms with Gasteiger partial charge in [0, 0.05) is 25.9 Å². The van der Waals surface area contributed by atoms with Crippen molar-refractivity contribution >= 4 is 65.2 Å². The van der Waals surface area contributed by atoms with E-state index in [4.69, 9.17) is 9.97 Å². The molecule has 3 aromatic rings. The minimum Gasteiger partial charge on any atom is -0.273 e. The van der Waals surface area contributed by atoms with E-state index in [1.807, 2.05) is 6.07 Å². The van der Waals surface area contributed by atoms with E-state index < -0.39 is 0 Å². The number of carbonyl (C=O) groups excluding carboxylic acids is 2. The Labute approximate surface area is 220 Å². The highest BCUT2D eigenvalue weighted by Gasteiger charge is 2.26. The molecule has 1 aromatic carbocycles. The van der Waals surface area contributed by atoms with Crippen LogP contribution in [0.3, 0.4) is 0 Å². The second-order valence-corrected chi connectivity index (χ2v) is 12.7. The molecule has 0 spiro atoms. The first kappa shape index (κ1) is 25.5. The Kier molecular flexibility index (Phi) is 7.57. The monoisotopic (exact) mass is 528 g/mol. The predicted molar refractivity (Wildman–Crippen MR) is 148 cm³/mol. The molecule has 2 aliphatic carbocycles. The number of thiazole rings is 2. The van der Waals surface area contributed by atoms with E-state index in [1.165, 1.54) is 48.4 Å². The van der Waals surface area contributed by atoms with Crippen molar-refractivity contribution in [3.63, 3.8) is 0 Å². The molecule has 5 rings (SSSR count). The molecule has 0 aliphatic heterocycles. The van der Waals surface area contributed by atoms with Gasteiger partial charge in [-0.2, -0.15) is 0 Å². The molecule has 2 heterocycles. The van der Waals surface area contributed by atoms with E-state index in [1.54, 1.807) is 23.9 Å². The zero-order valence-corrected chi connectivity index (χ0v) is 23.2. The molecule has 10 heteroatoms. The van der Waals surface area contributed by atoms with Crippen LogP contribution in [0.5, 0.6) is 0 Å². The molecular weight excluding hydrogens is 492 g/mol. The zero-order chi connectivity index (χ0) is 25.4. The van der Waals surface area contributed by atoms with E-state index in [0.29, 0.717) is 22.3 Å². The first-order valence-corrected chi connectivity index (χ1v) is 14.7. The Hall–Kier alpha value is -2.14. The Balaban J connectivity index is 1.37. The third-order valence-electron chi connectivity index (χ3n) is 7.54. The lowest BCUT2D eigenvalue weighted by Crippen LogP contribution is -2.48. The van der Waals surface area contributed by atoms with Crippen molar-refractivity contribution in [1.82, 2.24) is 20.8 Å². The van der Waals surface area contributed by atoms with Crippen LogP contribution in [0.25, 0.3) is 20.4 Å². The summed E-state index contributed by atoms with van der Waals surface area (Å²) in [6.07, 6.45) is 8.99. The number of hydrogen-bond acceptors (Lipinski definition) is 8. The number of amides is 2. The number of nitrogens with zero attached hydrogens (tertiary/aromatic N) is 4. The number of anilines is 2. The first-order chi connectivity index (χ1) is 17.3. The van der Waals surface area contributed by atoms with Gasteiger partial charge in [0.2, 0.25) is 22.1 Å². The molecule has 2 aliphatic rings. The van der Waals surface area contributed by atoms with E-state index in [2.05, 4.69) is 30.8 Å². The number of nitrogens with one attached hydrogen (secondary N) is 2. The molecule has 0 radical (unpaired) electrons. The van der Waals surface area contributed by atoms with Crippen LogP contribution in [-0.4, -0.2) is 33.9 Å². The summed E-state index contributed by atoms with van der Waals surface area (Å²) in [6.45, 7) is 7.74. The number of rotatable bonds is 6. The van der Waals surface area contributed by atoms with Gasteiger partial charge in [-0.15, -0.1) is 0 Å². The Morgan fingerprint density at radius 1 is 0.722 bits per heavy atom. The van der Waals surface area contributed by atoms with Crippen molar-refractivity contribution in [2.24, 2.45) is 11.8 Å². The fraction of sp³-hybridized carbons (Fsp3) is 0.615. The summed E-state index contributed by atoms with van der Waals surface area (Å²) < 4.78 is 2.00. The number of fused-ring (bicyclic) bond motifs is 2. The lowest BCUT2D eigenvalue weighted by molar-refractivity contribution is -0.118. The van der Waals surface area contributed by atoms with Crippen LogP contribution in [0.1, 0.15) is 79.1 Å². The lowest BCUT2D eigenvalue weighted by Gasteiger charge is -2.31. The molecule has 2 amide bonds. The maximum absolute atomic E-state index is 12.5. The quantitative estimate of drug-likeness (QED) is 0.394. The van der Waals surface area contributed by atoms with Crippen LogP contribution >= 0.6 is 22.7 Å². The van der Waals surface area contributed by atoms with Crippen LogP contribution in [0, 0.1) is 11.8 Å². The summed E-state index contributed by atoms with van der Waals surface area (Å²) in [7, 11) is 0. The van der Waals surface area contributed by atoms with Gasteiger partial charge in [-0.3, -0.25) is 9.59 Å². The summed E-state index contributed by atoms with van der Waals surface area (Å²) in [4.78, 5) is 34.5. The number of aromatic nitrogens is 2. The second kappa shape index (κ2) is 10.7. The van der Waals surface area contributed by atoms with Crippen molar-refractivity contribution in [3.8, 4) is 0 Å². The topological polar surface area (TPSA) is 90.5 Å². The molecule has 2 N–H and O–H groups in total. The van der Waals surface area contributed by atoms with Crippen LogP contribution in [0.4, 0.5) is 10.3 Å². The molecular formula is C26H36N6O2S2. The molecule has 0 atom stereocenters. The van der Waals surface area contributed by atoms with Crippen molar-refractivity contribution in [3.05, 3.63) is 12.1 Å². The molecule has 194 valence electrons. The number of benzene rings is 1. The SMILES string of the molecule is CC(=O)N(NC1CCC(C)CC1)c1nc2cc3nc(N(NC4CCC(C)CC4)C(C)=O)sc3cc2s1. The summed E-state index contributed by atoms with van der Waals surface area (Å²) in [5, 5.41) is 4.55. The van der Waals surface area contributed by atoms with Crippen LogP contribution in [-0.2, 0) is 9.59 Å². The van der Waals surface area contributed by atoms with E-state index in [9.17, 15) is 9.59 Å². The highest BCUT2D eigenvalue weighted by Crippen LogP contribution is 2.36. The minimum atomic E-state index is -0.0600. The van der Waals surface area contributed by atoms with Gasteiger partial charge < -0.3 is 0 Å². The molecule has 0 bridgehead atoms. The molecule has 36 heavy (non-hydrogen) atoms. The van der Waals surface area contributed by atoms with E-state index in [0.717, 1.165) is 58.0 Å². The first-order valence-electron chi connectivity index (χ1n) is 13.1. The zero-order valence-electron chi connectivity index (χ0n) is 21.5. The van der Waals surface area contributed by atoms with Gasteiger partial charge in [0.05, 0.1) is 20.4 Å². The number of carbonyl (C=O) groups is 2. The smallest absolute Gasteiger partial charge is 0.240 e. The van der Waals surface area contributed by atoms with Gasteiger partial charge in [0.1, 0.15) is 0 Å². The van der Waals surface area contributed by atoms with Gasteiger partial charge in [0.25, 0.3) is 0 Å². The lowest BCUT2D eigenvalue weighted by atomic mass is 9.88. The largest absolute Gasteiger partial charge is 0.273 e. The van der Waals surface area contributed by atoms with Crippen molar-refractivity contribution in [2.45, 2.75) is 91.1 Å². The highest BCUT2D eigenvalue weighted by atomic mass is 32.1. The van der Waals surface area contributed by atoms with Crippen molar-refractivity contribution in [1.29, 1.82) is 0 Å². The standard InChI is InChI=1S/C26H36N6O2S2/c1-15-5-9-19(10-6-15)29-31(17(3)33)25-27-21-13-22-24(14-23(21)35-25)36-26(28-22)32(18(4)34)30-20-11-7-16(2)8-12-20/h13-16,19-20,29-30H,5-12H2,1-4H3. The molecule has 2 aromatic heterocycles. The van der Waals surface area contributed by atoms with Gasteiger partial charge in [0.15, 0.2) is 0 Å². The third-order valence-corrected chi connectivity index (χ3v) is 9.55. The predicted octanol–water partition coefficient (Wildman–Crippen LogP) is 5.78. The molecule has 2 fully saturated rings. The van der Waals surface area contributed by atoms with Gasteiger partial charge in [-0.05, 0) is 75.3 Å². The average molecular weight is 529 g/mol. The van der Waals surface area contributed by atoms with Crippen LogP contribution in [0.2, 0.25) is 0 Å². The summed E-state index contributed by atoms with van der Waals surface area (Å²) >= 11 is 3.01. The normalized spacial score (nSPS) is 24.8. The maximum atomic E-state index is 12.5. The van der Waals surface area contributed by atoms with Crippen LogP contribution in [0.15, 0.2) is 12.1 Å². The maximum Gasteiger partial charge on any atom is 0.240 e. The van der Waals surface area contributed by atoms with Crippen molar-refractivity contribution < 1.29 is 9.59 Å². The summed E-state index contributed by atoms with van der Waals surface area (Å²) in [6, 6.07) is 4.63. The molecule has 0 saturated heterocycles. The highest BCUT2D eigenvalue weighted by molar-refractivity contribution is 7.24. The summed E-state index contributed by atoms with van der Waals surface area (Å²) in [5.41, 5.74) is 8.49. The molecule has 0 unspecified atom stereocenters. The van der Waals surface area contributed by atoms with Gasteiger partial charge in [-0.1, -0.05) is 36.5 Å². The third kappa shape index (κ3) is 5.56. The van der Waals surface area contributed by atoms with Gasteiger partial charge in [-0.25, -0.2) is 30.8 Å². The summed E-state index contributed by atoms with van der Waals surface area (Å²) in [5.74, 6) is 1.38.